The minimum atomic E-state index is -0.470. The molecule has 0 unspecified atom stereocenters. The van der Waals surface area contributed by atoms with Crippen molar-refractivity contribution in [2.24, 2.45) is 0 Å². The van der Waals surface area contributed by atoms with E-state index in [4.69, 9.17) is 18.9 Å². The van der Waals surface area contributed by atoms with Crippen molar-refractivity contribution in [3.05, 3.63) is 70.1 Å². The number of rotatable bonds is 8. The number of ether oxygens (including phenoxy) is 4. The maximum absolute atomic E-state index is 13.5. The third-order valence-electron chi connectivity index (χ3n) is 5.84. The molecule has 2 heterocycles. The van der Waals surface area contributed by atoms with Gasteiger partial charge < -0.3 is 23.8 Å². The van der Waals surface area contributed by atoms with E-state index >= 15 is 0 Å². The van der Waals surface area contributed by atoms with E-state index in [1.807, 2.05) is 23.1 Å². The molecule has 174 valence electrons. The highest BCUT2D eigenvalue weighted by Gasteiger charge is 2.31. The number of aryl methyl sites for hydroxylation is 1. The van der Waals surface area contributed by atoms with Gasteiger partial charge in [0.15, 0.2) is 17.8 Å². The molecule has 0 aromatic heterocycles. The molecule has 33 heavy (non-hydrogen) atoms. The van der Waals surface area contributed by atoms with Crippen LogP contribution in [0.5, 0.6) is 11.5 Å². The van der Waals surface area contributed by atoms with E-state index in [1.54, 1.807) is 33.1 Å². The molecule has 0 aliphatic carbocycles. The Balaban J connectivity index is 1.51. The van der Waals surface area contributed by atoms with Crippen LogP contribution in [0, 0.1) is 6.92 Å². The van der Waals surface area contributed by atoms with Crippen molar-refractivity contribution < 1.29 is 23.7 Å². The first-order chi connectivity index (χ1) is 16.0. The van der Waals surface area contributed by atoms with E-state index < -0.39 is 6.29 Å². The smallest absolute Gasteiger partial charge is 0.265 e. The number of allylic oxidation sites excluding steroid dienone is 1. The molecular weight excluding hydrogens is 438 g/mol. The van der Waals surface area contributed by atoms with Gasteiger partial charge in [0.2, 0.25) is 0 Å². The first-order valence-corrected chi connectivity index (χ1v) is 11.7. The van der Waals surface area contributed by atoms with E-state index in [0.717, 1.165) is 33.9 Å². The van der Waals surface area contributed by atoms with Crippen molar-refractivity contribution >= 4 is 28.3 Å². The number of anilines is 1. The van der Waals surface area contributed by atoms with E-state index in [-0.39, 0.29) is 12.5 Å². The molecule has 0 atom stereocenters. The Morgan fingerprint density at radius 2 is 1.79 bits per heavy atom. The number of benzene rings is 2. The van der Waals surface area contributed by atoms with Crippen molar-refractivity contribution in [2.45, 2.75) is 26.1 Å². The van der Waals surface area contributed by atoms with Crippen molar-refractivity contribution in [3.63, 3.8) is 0 Å². The Bertz CT molecular complexity index is 1070. The predicted octanol–water partition coefficient (Wildman–Crippen LogP) is 5.17. The van der Waals surface area contributed by atoms with Gasteiger partial charge in [-0.3, -0.25) is 4.79 Å². The van der Waals surface area contributed by atoms with E-state index in [1.165, 1.54) is 11.1 Å². The van der Waals surface area contributed by atoms with Gasteiger partial charge in [-0.25, -0.2) is 0 Å². The van der Waals surface area contributed by atoms with Gasteiger partial charge in [-0.05, 0) is 43.0 Å². The summed E-state index contributed by atoms with van der Waals surface area (Å²) < 4.78 is 21.7. The Morgan fingerprint density at radius 1 is 1.03 bits per heavy atom. The summed E-state index contributed by atoms with van der Waals surface area (Å²) in [6.07, 6.45) is 3.44. The number of hydrogen-bond acceptors (Lipinski definition) is 6. The molecule has 2 aromatic carbocycles. The highest BCUT2D eigenvalue weighted by atomic mass is 32.2. The van der Waals surface area contributed by atoms with Crippen LogP contribution in [0.25, 0.3) is 4.91 Å². The lowest BCUT2D eigenvalue weighted by atomic mass is 10.0. The third-order valence-corrected chi connectivity index (χ3v) is 7.13. The summed E-state index contributed by atoms with van der Waals surface area (Å²) in [5.41, 5.74) is 4.38. The van der Waals surface area contributed by atoms with Gasteiger partial charge in [-0.2, -0.15) is 0 Å². The average molecular weight is 468 g/mol. The number of hydrogen-bond donors (Lipinski definition) is 0. The van der Waals surface area contributed by atoms with Crippen LogP contribution in [-0.2, 0) is 14.3 Å². The zero-order chi connectivity index (χ0) is 23.4. The van der Waals surface area contributed by atoms with Crippen LogP contribution in [0.2, 0.25) is 0 Å². The van der Waals surface area contributed by atoms with Gasteiger partial charge in [0.25, 0.3) is 5.91 Å². The molecule has 0 bridgehead atoms. The molecule has 0 saturated heterocycles. The maximum Gasteiger partial charge on any atom is 0.265 e. The molecule has 0 saturated carbocycles. The molecule has 2 aliphatic rings. The van der Waals surface area contributed by atoms with Crippen LogP contribution in [-0.4, -0.2) is 46.7 Å². The standard InChI is InChI=1S/C26H29NO5S/c1-17-5-7-18(8-6-17)23-12-9-19-13-14-27(26(28)25(19)33-23)20-10-11-21(22(15-20)29-2)32-16-24(30-3)31-4/h5-8,10-12,15,24H,9,13-14,16H2,1-4H3. The van der Waals surface area contributed by atoms with Crippen LogP contribution in [0.4, 0.5) is 5.69 Å². The number of amides is 1. The summed E-state index contributed by atoms with van der Waals surface area (Å²) in [6, 6.07) is 14.0. The van der Waals surface area contributed by atoms with Crippen LogP contribution < -0.4 is 14.4 Å². The number of methoxy groups -OCH3 is 3. The minimum absolute atomic E-state index is 0.0357. The Labute approximate surface area is 199 Å². The molecule has 4 rings (SSSR count). The lowest BCUT2D eigenvalue weighted by molar-refractivity contribution is -0.122. The highest BCUT2D eigenvalue weighted by Crippen LogP contribution is 2.45. The number of carbonyl (C=O) groups excluding carboxylic acids is 1. The van der Waals surface area contributed by atoms with Crippen molar-refractivity contribution in [2.75, 3.05) is 39.4 Å². The lowest BCUT2D eigenvalue weighted by Gasteiger charge is -2.32. The van der Waals surface area contributed by atoms with Gasteiger partial charge in [-0.15, -0.1) is 0 Å². The second-order valence-corrected chi connectivity index (χ2v) is 8.98. The van der Waals surface area contributed by atoms with Crippen LogP contribution in [0.3, 0.4) is 0 Å². The largest absolute Gasteiger partial charge is 0.493 e. The quantitative estimate of drug-likeness (QED) is 0.499. The molecule has 7 heteroatoms. The lowest BCUT2D eigenvalue weighted by Crippen LogP contribution is -2.37. The van der Waals surface area contributed by atoms with Gasteiger partial charge >= 0.3 is 0 Å². The molecule has 2 aromatic rings. The van der Waals surface area contributed by atoms with Crippen LogP contribution >= 0.6 is 11.8 Å². The van der Waals surface area contributed by atoms with E-state index in [2.05, 4.69) is 37.3 Å². The van der Waals surface area contributed by atoms with Gasteiger partial charge in [0, 0.05) is 37.4 Å². The van der Waals surface area contributed by atoms with Crippen molar-refractivity contribution in [1.29, 1.82) is 0 Å². The summed E-state index contributed by atoms with van der Waals surface area (Å²) in [6.45, 7) is 2.95. The monoisotopic (exact) mass is 467 g/mol. The molecule has 0 fully saturated rings. The van der Waals surface area contributed by atoms with E-state index in [0.29, 0.717) is 18.0 Å². The van der Waals surface area contributed by atoms with Gasteiger partial charge in [-0.1, -0.05) is 47.7 Å². The molecule has 1 amide bonds. The minimum Gasteiger partial charge on any atom is -0.493 e. The zero-order valence-corrected chi connectivity index (χ0v) is 20.2. The summed E-state index contributed by atoms with van der Waals surface area (Å²) in [7, 11) is 4.71. The Morgan fingerprint density at radius 3 is 2.48 bits per heavy atom. The molecule has 0 N–H and O–H groups in total. The fourth-order valence-corrected chi connectivity index (χ4v) is 5.06. The van der Waals surface area contributed by atoms with Crippen molar-refractivity contribution in [3.8, 4) is 11.5 Å². The molecule has 0 radical (unpaired) electrons. The fraction of sp³-hybridized carbons (Fsp3) is 0.346. The first kappa shape index (κ1) is 23.4. The third kappa shape index (κ3) is 5.11. The first-order valence-electron chi connectivity index (χ1n) is 10.9. The maximum atomic E-state index is 13.5. The fourth-order valence-electron chi connectivity index (χ4n) is 3.89. The number of nitrogens with zero attached hydrogens (tertiary/aromatic N) is 1. The van der Waals surface area contributed by atoms with Crippen molar-refractivity contribution in [1.82, 2.24) is 0 Å². The average Bonchev–Trinajstić information content (AvgIpc) is 2.85. The Hall–Kier alpha value is -2.74. The summed E-state index contributed by atoms with van der Waals surface area (Å²) in [4.78, 5) is 17.3. The van der Waals surface area contributed by atoms with E-state index in [9.17, 15) is 4.79 Å². The summed E-state index contributed by atoms with van der Waals surface area (Å²) in [5, 5.41) is 0. The van der Waals surface area contributed by atoms with Gasteiger partial charge in [0.1, 0.15) is 6.61 Å². The second-order valence-electron chi connectivity index (χ2n) is 7.93. The predicted molar refractivity (Wildman–Crippen MR) is 132 cm³/mol. The SMILES string of the molecule is COc1cc(N2CCC3=C(SC(c4ccc(C)cc4)=CC3)C2=O)ccc1OCC(OC)OC. The molecular formula is C26H29NO5S. The Kier molecular flexibility index (Phi) is 7.42. The van der Waals surface area contributed by atoms with Gasteiger partial charge in [0.05, 0.1) is 12.0 Å². The van der Waals surface area contributed by atoms with Crippen LogP contribution in [0.1, 0.15) is 24.0 Å². The molecule has 2 aliphatic heterocycles. The molecule has 0 spiro atoms. The number of thioether (sulfide) groups is 1. The second kappa shape index (κ2) is 10.5. The summed E-state index contributed by atoms with van der Waals surface area (Å²) in [5.74, 6) is 1.16. The van der Waals surface area contributed by atoms with Crippen LogP contribution in [0.15, 0.2) is 59.0 Å². The normalized spacial score (nSPS) is 16.1. The number of carbonyl (C=O) groups is 1. The zero-order valence-electron chi connectivity index (χ0n) is 19.4. The summed E-state index contributed by atoms with van der Waals surface area (Å²) >= 11 is 1.58. The molecule has 6 nitrogen and oxygen atoms in total. The highest BCUT2D eigenvalue weighted by molar-refractivity contribution is 8.12. The topological polar surface area (TPSA) is 57.2 Å².